The number of hydrogen-bond acceptors (Lipinski definition) is 5. The minimum atomic E-state index is -0.301. The number of carbonyl (C=O) groups excluding carboxylic acids is 1. The van der Waals surface area contributed by atoms with Crippen molar-refractivity contribution in [2.45, 2.75) is 39.7 Å². The maximum Gasteiger partial charge on any atom is 0.341 e. The minimum absolute atomic E-state index is 0.301. The van der Waals surface area contributed by atoms with Crippen LogP contribution in [0.5, 0.6) is 0 Å². The molecule has 1 aliphatic carbocycles. The van der Waals surface area contributed by atoms with Crippen molar-refractivity contribution in [3.05, 3.63) is 33.5 Å². The minimum Gasteiger partial charge on any atom is -0.465 e. The molecule has 0 saturated carbocycles. The third kappa shape index (κ3) is 3.91. The van der Waals surface area contributed by atoms with Crippen LogP contribution in [0.3, 0.4) is 0 Å². The Morgan fingerprint density at radius 1 is 1.54 bits per heavy atom. The van der Waals surface area contributed by atoms with E-state index in [1.807, 2.05) is 20.2 Å². The highest BCUT2D eigenvalue weighted by Crippen LogP contribution is 2.40. The fourth-order valence-corrected chi connectivity index (χ4v) is 4.94. The summed E-state index contributed by atoms with van der Waals surface area (Å²) in [5.74, 6) is 0.337. The smallest absolute Gasteiger partial charge is 0.341 e. The molecule has 0 saturated heterocycles. The molecule has 140 valence electrons. The predicted octanol–water partition coefficient (Wildman–Crippen LogP) is 3.19. The number of ether oxygens (including phenoxy) is 1. The molecule has 2 aromatic heterocycles. The SMILES string of the molecule is COC(=O)c1c(NC(=S)NCc2cn(C)nc2C)sc2c1CC[C@@H](C)C2. The molecule has 0 aromatic carbocycles. The maximum absolute atomic E-state index is 12.3. The van der Waals surface area contributed by atoms with Crippen LogP contribution in [0.2, 0.25) is 0 Å². The van der Waals surface area contributed by atoms with E-state index in [0.717, 1.165) is 41.1 Å². The first-order valence-corrected chi connectivity index (χ1v) is 9.88. The van der Waals surface area contributed by atoms with E-state index >= 15 is 0 Å². The molecule has 1 atom stereocenters. The fraction of sp³-hybridized carbons (Fsp3) is 0.500. The van der Waals surface area contributed by atoms with Crippen molar-refractivity contribution in [1.29, 1.82) is 0 Å². The molecule has 8 heteroatoms. The van der Waals surface area contributed by atoms with Gasteiger partial charge in [0, 0.05) is 30.2 Å². The summed E-state index contributed by atoms with van der Waals surface area (Å²) >= 11 is 7.05. The van der Waals surface area contributed by atoms with E-state index in [4.69, 9.17) is 17.0 Å². The van der Waals surface area contributed by atoms with Crippen molar-refractivity contribution < 1.29 is 9.53 Å². The number of esters is 1. The average Bonchev–Trinajstić information content (AvgIpc) is 3.10. The number of nitrogens with one attached hydrogen (secondary N) is 2. The molecule has 3 rings (SSSR count). The van der Waals surface area contributed by atoms with Crippen molar-refractivity contribution in [2.75, 3.05) is 12.4 Å². The molecule has 2 aromatic rings. The van der Waals surface area contributed by atoms with Crippen LogP contribution in [0.15, 0.2) is 6.20 Å². The van der Waals surface area contributed by atoms with Gasteiger partial charge in [-0.25, -0.2) is 4.79 Å². The van der Waals surface area contributed by atoms with Gasteiger partial charge in [0.05, 0.1) is 18.4 Å². The van der Waals surface area contributed by atoms with Crippen LogP contribution in [-0.4, -0.2) is 28.0 Å². The molecule has 0 spiro atoms. The van der Waals surface area contributed by atoms with Crippen LogP contribution in [0.1, 0.15) is 45.4 Å². The van der Waals surface area contributed by atoms with Gasteiger partial charge < -0.3 is 15.4 Å². The molecule has 0 bridgehead atoms. The lowest BCUT2D eigenvalue weighted by Gasteiger charge is -2.18. The Kier molecular flexibility index (Phi) is 5.62. The van der Waals surface area contributed by atoms with Crippen LogP contribution in [0, 0.1) is 12.8 Å². The van der Waals surface area contributed by atoms with Gasteiger partial charge in [0.25, 0.3) is 0 Å². The summed E-state index contributed by atoms with van der Waals surface area (Å²) in [6.45, 7) is 4.80. The molecule has 6 nitrogen and oxygen atoms in total. The molecular weight excluding hydrogens is 368 g/mol. The second kappa shape index (κ2) is 7.75. The summed E-state index contributed by atoms with van der Waals surface area (Å²) < 4.78 is 6.79. The van der Waals surface area contributed by atoms with Gasteiger partial charge in [0.2, 0.25) is 0 Å². The first-order valence-electron chi connectivity index (χ1n) is 8.65. The lowest BCUT2D eigenvalue weighted by Crippen LogP contribution is -2.28. The number of nitrogens with zero attached hydrogens (tertiary/aromatic N) is 2. The van der Waals surface area contributed by atoms with Crippen LogP contribution in [-0.2, 0) is 31.2 Å². The number of thiophene rings is 1. The van der Waals surface area contributed by atoms with Crippen molar-refractivity contribution in [3.8, 4) is 0 Å². The molecule has 26 heavy (non-hydrogen) atoms. The summed E-state index contributed by atoms with van der Waals surface area (Å²) in [4.78, 5) is 13.6. The van der Waals surface area contributed by atoms with Crippen LogP contribution in [0.25, 0.3) is 0 Å². The predicted molar refractivity (Wildman–Crippen MR) is 108 cm³/mol. The number of rotatable bonds is 4. The highest BCUT2D eigenvalue weighted by Gasteiger charge is 2.28. The second-order valence-corrected chi connectivity index (χ2v) is 8.28. The molecule has 0 amide bonds. The molecular formula is C18H24N4O2S2. The Bertz CT molecular complexity index is 841. The van der Waals surface area contributed by atoms with Gasteiger partial charge in [-0.3, -0.25) is 4.68 Å². The first kappa shape index (κ1) is 18.8. The third-order valence-corrected chi connectivity index (χ3v) is 6.10. The number of aromatic nitrogens is 2. The zero-order valence-electron chi connectivity index (χ0n) is 15.5. The molecule has 2 N–H and O–H groups in total. The monoisotopic (exact) mass is 392 g/mol. The average molecular weight is 393 g/mol. The molecule has 0 unspecified atom stereocenters. The molecule has 2 heterocycles. The molecule has 0 radical (unpaired) electrons. The number of methoxy groups -OCH3 is 1. The fourth-order valence-electron chi connectivity index (χ4n) is 3.30. The summed E-state index contributed by atoms with van der Waals surface area (Å²) in [7, 11) is 3.32. The summed E-state index contributed by atoms with van der Waals surface area (Å²) in [5.41, 5.74) is 3.82. The van der Waals surface area contributed by atoms with E-state index < -0.39 is 0 Å². The highest BCUT2D eigenvalue weighted by molar-refractivity contribution is 7.80. The summed E-state index contributed by atoms with van der Waals surface area (Å²) in [6, 6.07) is 0. The zero-order chi connectivity index (χ0) is 18.8. The number of hydrogen-bond donors (Lipinski definition) is 2. The number of carbonyl (C=O) groups is 1. The summed E-state index contributed by atoms with van der Waals surface area (Å²) in [5, 5.41) is 12.0. The van der Waals surface area contributed by atoms with Gasteiger partial charge in [-0.1, -0.05) is 6.92 Å². The zero-order valence-corrected chi connectivity index (χ0v) is 17.1. The van der Waals surface area contributed by atoms with Crippen molar-refractivity contribution in [3.63, 3.8) is 0 Å². The lowest BCUT2D eigenvalue weighted by molar-refractivity contribution is 0.0601. The Hall–Kier alpha value is -1.93. The standard InChI is InChI=1S/C18H24N4O2S2/c1-10-5-6-13-14(7-10)26-16(15(13)17(23)24-4)20-18(25)19-8-12-9-22(3)21-11(12)2/h9-10H,5-8H2,1-4H3,(H2,19,20,25)/t10-/m1/s1. The Labute approximate surface area is 162 Å². The first-order chi connectivity index (χ1) is 12.4. The van der Waals surface area contributed by atoms with Crippen LogP contribution in [0.4, 0.5) is 5.00 Å². The van der Waals surface area contributed by atoms with E-state index in [1.54, 1.807) is 16.0 Å². The van der Waals surface area contributed by atoms with Gasteiger partial charge in [-0.15, -0.1) is 11.3 Å². The number of anilines is 1. The largest absolute Gasteiger partial charge is 0.465 e. The Balaban J connectivity index is 1.75. The lowest BCUT2D eigenvalue weighted by atomic mass is 9.88. The Morgan fingerprint density at radius 2 is 2.31 bits per heavy atom. The van der Waals surface area contributed by atoms with Gasteiger partial charge >= 0.3 is 5.97 Å². The number of thiocarbonyl (C=S) groups is 1. The van der Waals surface area contributed by atoms with Crippen molar-refractivity contribution in [2.24, 2.45) is 13.0 Å². The maximum atomic E-state index is 12.3. The normalized spacial score (nSPS) is 16.1. The van der Waals surface area contributed by atoms with Gasteiger partial charge in [-0.2, -0.15) is 5.10 Å². The Morgan fingerprint density at radius 3 is 2.96 bits per heavy atom. The summed E-state index contributed by atoms with van der Waals surface area (Å²) in [6.07, 6.45) is 4.97. The van der Waals surface area contributed by atoms with Gasteiger partial charge in [0.15, 0.2) is 5.11 Å². The highest BCUT2D eigenvalue weighted by atomic mass is 32.1. The van der Waals surface area contributed by atoms with E-state index in [-0.39, 0.29) is 5.97 Å². The molecule has 0 fully saturated rings. The molecule has 0 aliphatic heterocycles. The van der Waals surface area contributed by atoms with Gasteiger partial charge in [-0.05, 0) is 49.9 Å². The number of fused-ring (bicyclic) bond motifs is 1. The van der Waals surface area contributed by atoms with Crippen LogP contribution < -0.4 is 10.6 Å². The van der Waals surface area contributed by atoms with Gasteiger partial charge in [0.1, 0.15) is 5.00 Å². The van der Waals surface area contributed by atoms with Crippen LogP contribution >= 0.6 is 23.6 Å². The third-order valence-electron chi connectivity index (χ3n) is 4.68. The van der Waals surface area contributed by atoms with E-state index in [0.29, 0.717) is 23.1 Å². The molecule has 1 aliphatic rings. The quantitative estimate of drug-likeness (QED) is 0.615. The van der Waals surface area contributed by atoms with Crippen molar-refractivity contribution in [1.82, 2.24) is 15.1 Å². The van der Waals surface area contributed by atoms with E-state index in [1.165, 1.54) is 12.0 Å². The number of aryl methyl sites for hydroxylation is 2. The topological polar surface area (TPSA) is 68.2 Å². The van der Waals surface area contributed by atoms with Crippen molar-refractivity contribution >= 4 is 39.6 Å². The van der Waals surface area contributed by atoms with E-state index in [9.17, 15) is 4.79 Å². The second-order valence-electron chi connectivity index (χ2n) is 6.77. The van der Waals surface area contributed by atoms with E-state index in [2.05, 4.69) is 22.7 Å².